The Bertz CT molecular complexity index is 1210. The summed E-state index contributed by atoms with van der Waals surface area (Å²) < 4.78 is 1.80. The number of rotatable bonds is 3. The van der Waals surface area contributed by atoms with Gasteiger partial charge in [-0.05, 0) is 36.8 Å². The van der Waals surface area contributed by atoms with Crippen LogP contribution in [0.5, 0.6) is 0 Å². The molecule has 0 aliphatic carbocycles. The van der Waals surface area contributed by atoms with Gasteiger partial charge in [0.2, 0.25) is 0 Å². The molecule has 164 valence electrons. The molecule has 0 fully saturated rings. The van der Waals surface area contributed by atoms with Crippen molar-refractivity contribution >= 4 is 35.0 Å². The third-order valence-corrected chi connectivity index (χ3v) is 6.82. The van der Waals surface area contributed by atoms with Gasteiger partial charge in [0.05, 0.1) is 28.8 Å². The molecule has 1 aromatic carbocycles. The maximum Gasteiger partial charge on any atom is 0.272 e. The van der Waals surface area contributed by atoms with Crippen LogP contribution in [0.1, 0.15) is 44.6 Å². The summed E-state index contributed by atoms with van der Waals surface area (Å²) in [4.78, 5) is 34.4. The van der Waals surface area contributed by atoms with E-state index in [1.165, 1.54) is 0 Å². The lowest BCUT2D eigenvalue weighted by Gasteiger charge is -2.34. The highest BCUT2D eigenvalue weighted by molar-refractivity contribution is 6.42. The van der Waals surface area contributed by atoms with Gasteiger partial charge in [0.25, 0.3) is 11.8 Å². The number of benzene rings is 1. The van der Waals surface area contributed by atoms with Crippen LogP contribution in [0.3, 0.4) is 0 Å². The molecule has 2 aliphatic heterocycles. The quantitative estimate of drug-likeness (QED) is 0.584. The van der Waals surface area contributed by atoms with Gasteiger partial charge >= 0.3 is 0 Å². The van der Waals surface area contributed by atoms with Crippen molar-refractivity contribution in [3.05, 3.63) is 80.8 Å². The van der Waals surface area contributed by atoms with Crippen LogP contribution < -0.4 is 0 Å². The Hall–Kier alpha value is -2.90. The average Bonchev–Trinajstić information content (AvgIpc) is 3.15. The molecule has 0 spiro atoms. The summed E-state index contributed by atoms with van der Waals surface area (Å²) in [5.41, 5.74) is 3.75. The highest BCUT2D eigenvalue weighted by Crippen LogP contribution is 2.31. The van der Waals surface area contributed by atoms with Crippen molar-refractivity contribution in [2.45, 2.75) is 39.0 Å². The van der Waals surface area contributed by atoms with Gasteiger partial charge < -0.3 is 9.80 Å². The second kappa shape index (κ2) is 8.22. The third kappa shape index (κ3) is 3.65. The van der Waals surface area contributed by atoms with Crippen LogP contribution in [0.4, 0.5) is 0 Å². The number of halogens is 2. The predicted octanol–water partition coefficient (Wildman–Crippen LogP) is 3.83. The second-order valence-corrected chi connectivity index (χ2v) is 9.01. The minimum absolute atomic E-state index is 0.0528. The molecule has 0 unspecified atom stereocenters. The highest BCUT2D eigenvalue weighted by atomic mass is 35.5. The van der Waals surface area contributed by atoms with E-state index in [1.807, 2.05) is 24.0 Å². The third-order valence-electron chi connectivity index (χ3n) is 6.08. The molecule has 1 atom stereocenters. The number of carbonyl (C=O) groups is 2. The summed E-state index contributed by atoms with van der Waals surface area (Å²) in [5, 5.41) is 5.45. The van der Waals surface area contributed by atoms with Gasteiger partial charge in [0, 0.05) is 49.1 Å². The Morgan fingerprint density at radius 3 is 2.78 bits per heavy atom. The first-order valence-electron chi connectivity index (χ1n) is 10.4. The Kier molecular flexibility index (Phi) is 5.39. The minimum Gasteiger partial charge on any atom is -0.331 e. The average molecular weight is 470 g/mol. The van der Waals surface area contributed by atoms with Crippen LogP contribution >= 0.6 is 23.2 Å². The largest absolute Gasteiger partial charge is 0.331 e. The van der Waals surface area contributed by atoms with Gasteiger partial charge in [-0.2, -0.15) is 5.10 Å². The van der Waals surface area contributed by atoms with Crippen molar-refractivity contribution in [1.82, 2.24) is 24.6 Å². The number of hydrogen-bond acceptors (Lipinski definition) is 4. The van der Waals surface area contributed by atoms with Crippen molar-refractivity contribution in [3.8, 4) is 0 Å². The lowest BCUT2D eigenvalue weighted by Crippen LogP contribution is -2.44. The Morgan fingerprint density at radius 1 is 1.19 bits per heavy atom. The first-order chi connectivity index (χ1) is 15.4. The van der Waals surface area contributed by atoms with Crippen molar-refractivity contribution in [2.24, 2.45) is 0 Å². The summed E-state index contributed by atoms with van der Waals surface area (Å²) >= 11 is 12.1. The van der Waals surface area contributed by atoms with E-state index in [2.05, 4.69) is 4.98 Å². The standard InChI is InChI=1S/C23H21Cl2N5O2/c1-14-9-20-17(13-29(14)22(31)16-4-5-18(24)19(25)10-16)21-23(32)28(7-8-30(21)27-20)12-15-3-2-6-26-11-15/h2-6,10-11,14H,7-9,12-13H2,1H3/t14-/m1/s1. The zero-order valence-corrected chi connectivity index (χ0v) is 19.0. The zero-order valence-electron chi connectivity index (χ0n) is 17.5. The molecule has 0 bridgehead atoms. The molecule has 3 aromatic rings. The molecule has 4 heterocycles. The molecule has 7 nitrogen and oxygen atoms in total. The molecule has 2 amide bonds. The molecule has 0 saturated carbocycles. The van der Waals surface area contributed by atoms with Crippen LogP contribution in [0.15, 0.2) is 42.7 Å². The molecular weight excluding hydrogens is 449 g/mol. The number of pyridine rings is 1. The summed E-state index contributed by atoms with van der Waals surface area (Å²) in [7, 11) is 0. The van der Waals surface area contributed by atoms with E-state index in [1.54, 1.807) is 40.2 Å². The fourth-order valence-electron chi connectivity index (χ4n) is 4.39. The van der Waals surface area contributed by atoms with Gasteiger partial charge in [-0.25, -0.2) is 0 Å². The maximum absolute atomic E-state index is 13.4. The Labute approximate surface area is 195 Å². The van der Waals surface area contributed by atoms with E-state index >= 15 is 0 Å². The van der Waals surface area contributed by atoms with Gasteiger partial charge in [-0.1, -0.05) is 29.3 Å². The summed E-state index contributed by atoms with van der Waals surface area (Å²) in [6.07, 6.45) is 4.08. The van der Waals surface area contributed by atoms with Gasteiger partial charge in [0.15, 0.2) is 0 Å². The van der Waals surface area contributed by atoms with Gasteiger partial charge in [-0.15, -0.1) is 0 Å². The van der Waals surface area contributed by atoms with Crippen molar-refractivity contribution < 1.29 is 9.59 Å². The van der Waals surface area contributed by atoms with E-state index < -0.39 is 0 Å². The van der Waals surface area contributed by atoms with Crippen LogP contribution in [-0.2, 0) is 26.1 Å². The predicted molar refractivity (Wildman–Crippen MR) is 121 cm³/mol. The van der Waals surface area contributed by atoms with Gasteiger partial charge in [-0.3, -0.25) is 19.3 Å². The lowest BCUT2D eigenvalue weighted by molar-refractivity contribution is 0.0637. The van der Waals surface area contributed by atoms with Crippen molar-refractivity contribution in [2.75, 3.05) is 6.54 Å². The molecule has 2 aromatic heterocycles. The van der Waals surface area contributed by atoms with E-state index in [-0.39, 0.29) is 17.9 Å². The number of hydrogen-bond donors (Lipinski definition) is 0. The van der Waals surface area contributed by atoms with Crippen LogP contribution in [0.2, 0.25) is 10.0 Å². The minimum atomic E-state index is -0.142. The first kappa shape index (κ1) is 21.0. The number of fused-ring (bicyclic) bond motifs is 3. The van der Waals surface area contributed by atoms with Crippen LogP contribution in [0, 0.1) is 0 Å². The number of aromatic nitrogens is 3. The Balaban J connectivity index is 1.43. The molecule has 9 heteroatoms. The topological polar surface area (TPSA) is 71.3 Å². The smallest absolute Gasteiger partial charge is 0.272 e. The molecule has 0 radical (unpaired) electrons. The number of carbonyl (C=O) groups excluding carboxylic acids is 2. The Morgan fingerprint density at radius 2 is 2.03 bits per heavy atom. The van der Waals surface area contributed by atoms with E-state index in [9.17, 15) is 9.59 Å². The lowest BCUT2D eigenvalue weighted by atomic mass is 9.97. The fraction of sp³-hybridized carbons (Fsp3) is 0.304. The molecular formula is C23H21Cl2N5O2. The molecule has 5 rings (SSSR count). The highest BCUT2D eigenvalue weighted by Gasteiger charge is 2.37. The molecule has 2 aliphatic rings. The van der Waals surface area contributed by atoms with Crippen molar-refractivity contribution in [3.63, 3.8) is 0 Å². The van der Waals surface area contributed by atoms with Gasteiger partial charge in [0.1, 0.15) is 5.69 Å². The van der Waals surface area contributed by atoms with Crippen LogP contribution in [-0.4, -0.2) is 49.0 Å². The van der Waals surface area contributed by atoms with E-state index in [4.69, 9.17) is 28.3 Å². The summed E-state index contributed by atoms with van der Waals surface area (Å²) in [6.45, 7) is 4.03. The summed E-state index contributed by atoms with van der Waals surface area (Å²) in [6, 6.07) is 8.65. The fourth-order valence-corrected chi connectivity index (χ4v) is 4.69. The van der Waals surface area contributed by atoms with Crippen LogP contribution in [0.25, 0.3) is 0 Å². The van der Waals surface area contributed by atoms with Crippen molar-refractivity contribution in [1.29, 1.82) is 0 Å². The first-order valence-corrected chi connectivity index (χ1v) is 11.2. The second-order valence-electron chi connectivity index (χ2n) is 8.20. The SMILES string of the molecule is C[C@@H]1Cc2nn3c(c2CN1C(=O)c1ccc(Cl)c(Cl)c1)C(=O)N(Cc1cccnc1)CC3. The molecule has 32 heavy (non-hydrogen) atoms. The summed E-state index contributed by atoms with van der Waals surface area (Å²) in [5.74, 6) is -0.206. The molecule has 0 saturated heterocycles. The van der Waals surface area contributed by atoms with E-state index in [0.717, 1.165) is 16.8 Å². The van der Waals surface area contributed by atoms with E-state index in [0.29, 0.717) is 53.9 Å². The maximum atomic E-state index is 13.4. The normalized spacial score (nSPS) is 17.8. The number of amides is 2. The monoisotopic (exact) mass is 469 g/mol. The molecule has 0 N–H and O–H groups in total. The number of nitrogens with zero attached hydrogens (tertiary/aromatic N) is 5. The zero-order chi connectivity index (χ0) is 22.4.